The van der Waals surface area contributed by atoms with E-state index in [1.807, 2.05) is 30.3 Å². The zero-order valence-electron chi connectivity index (χ0n) is 11.6. The van der Waals surface area contributed by atoms with Crippen LogP contribution >= 0.6 is 0 Å². The first-order chi connectivity index (χ1) is 10.6. The Morgan fingerprint density at radius 2 is 1.82 bits per heavy atom. The van der Waals surface area contributed by atoms with Gasteiger partial charge in [0.2, 0.25) is 5.91 Å². The van der Waals surface area contributed by atoms with Crippen LogP contribution in [0.5, 0.6) is 5.75 Å². The molecule has 6 heteroatoms. The highest BCUT2D eigenvalue weighted by molar-refractivity contribution is 5.85. The first kappa shape index (κ1) is 15.6. The van der Waals surface area contributed by atoms with Gasteiger partial charge in [0, 0.05) is 5.56 Å². The number of nitrogens with one attached hydrogen (secondary N) is 1. The Morgan fingerprint density at radius 3 is 2.55 bits per heavy atom. The van der Waals surface area contributed by atoms with E-state index in [9.17, 15) is 13.6 Å². The van der Waals surface area contributed by atoms with Crippen molar-refractivity contribution in [3.63, 3.8) is 0 Å². The average Bonchev–Trinajstić information content (AvgIpc) is 2.49. The topological polar surface area (TPSA) is 50.7 Å². The van der Waals surface area contributed by atoms with Gasteiger partial charge in [-0.1, -0.05) is 42.5 Å². The second kappa shape index (κ2) is 7.87. The minimum Gasteiger partial charge on any atom is -0.434 e. The highest BCUT2D eigenvalue weighted by Crippen LogP contribution is 2.18. The second-order valence-electron chi connectivity index (χ2n) is 4.37. The standard InChI is InChI=1S/C16H14F2N2O2/c17-16(18)22-14-9-5-4-8-13(14)11-19-20-15(21)10-12-6-2-1-3-7-12/h1-9,11,16H,10H2,(H,20,21)/b19-11+. The van der Waals surface area contributed by atoms with Crippen molar-refractivity contribution in [1.82, 2.24) is 5.43 Å². The number of nitrogens with zero attached hydrogens (tertiary/aromatic N) is 1. The molecule has 1 N–H and O–H groups in total. The van der Waals surface area contributed by atoms with Gasteiger partial charge in [-0.2, -0.15) is 13.9 Å². The summed E-state index contributed by atoms with van der Waals surface area (Å²) in [6.07, 6.45) is 1.45. The molecule has 114 valence electrons. The summed E-state index contributed by atoms with van der Waals surface area (Å²) in [5.74, 6) is -0.298. The maximum Gasteiger partial charge on any atom is 0.387 e. The van der Waals surface area contributed by atoms with Crippen molar-refractivity contribution in [3.05, 3.63) is 65.7 Å². The number of ether oxygens (including phenoxy) is 1. The molecule has 0 aromatic heterocycles. The van der Waals surface area contributed by atoms with E-state index in [4.69, 9.17) is 0 Å². The van der Waals surface area contributed by atoms with Gasteiger partial charge in [-0.05, 0) is 17.7 Å². The number of alkyl halides is 2. The summed E-state index contributed by atoms with van der Waals surface area (Å²) in [6.45, 7) is -2.91. The Labute approximate surface area is 126 Å². The second-order valence-corrected chi connectivity index (χ2v) is 4.37. The third kappa shape index (κ3) is 4.97. The fraction of sp³-hybridized carbons (Fsp3) is 0.125. The van der Waals surface area contributed by atoms with Crippen molar-refractivity contribution in [2.75, 3.05) is 0 Å². The zero-order chi connectivity index (χ0) is 15.8. The van der Waals surface area contributed by atoms with Crippen molar-refractivity contribution in [3.8, 4) is 5.75 Å². The molecule has 0 unspecified atom stereocenters. The van der Waals surface area contributed by atoms with Crippen molar-refractivity contribution in [2.45, 2.75) is 13.0 Å². The van der Waals surface area contributed by atoms with Gasteiger partial charge in [-0.15, -0.1) is 0 Å². The Hall–Kier alpha value is -2.76. The van der Waals surface area contributed by atoms with E-state index in [1.165, 1.54) is 12.3 Å². The van der Waals surface area contributed by atoms with Gasteiger partial charge in [0.1, 0.15) is 5.75 Å². The first-order valence-electron chi connectivity index (χ1n) is 6.55. The number of benzene rings is 2. The van der Waals surface area contributed by atoms with Gasteiger partial charge in [-0.3, -0.25) is 4.79 Å². The van der Waals surface area contributed by atoms with Crippen molar-refractivity contribution in [1.29, 1.82) is 0 Å². The van der Waals surface area contributed by atoms with E-state index in [2.05, 4.69) is 15.3 Å². The molecule has 0 aliphatic heterocycles. The average molecular weight is 304 g/mol. The van der Waals surface area contributed by atoms with E-state index in [1.54, 1.807) is 18.2 Å². The number of hydrogen-bond donors (Lipinski definition) is 1. The molecule has 1 amide bonds. The van der Waals surface area contributed by atoms with Crippen LogP contribution in [0.3, 0.4) is 0 Å². The molecule has 22 heavy (non-hydrogen) atoms. The van der Waals surface area contributed by atoms with E-state index in [-0.39, 0.29) is 18.1 Å². The van der Waals surface area contributed by atoms with Crippen molar-refractivity contribution in [2.24, 2.45) is 5.10 Å². The zero-order valence-corrected chi connectivity index (χ0v) is 11.6. The summed E-state index contributed by atoms with van der Waals surface area (Å²) >= 11 is 0. The Bertz CT molecular complexity index is 646. The predicted octanol–water partition coefficient (Wildman–Crippen LogP) is 2.98. The Kier molecular flexibility index (Phi) is 5.59. The van der Waals surface area contributed by atoms with Gasteiger partial charge in [0.25, 0.3) is 0 Å². The molecule has 0 saturated carbocycles. The van der Waals surface area contributed by atoms with Crippen LogP contribution in [0.15, 0.2) is 59.7 Å². The third-order valence-corrected chi connectivity index (χ3v) is 2.74. The summed E-state index contributed by atoms with van der Waals surface area (Å²) < 4.78 is 28.9. The molecule has 2 rings (SSSR count). The number of hydrazone groups is 1. The predicted molar refractivity (Wildman–Crippen MR) is 79.0 cm³/mol. The number of halogens is 2. The lowest BCUT2D eigenvalue weighted by molar-refractivity contribution is -0.120. The minimum absolute atomic E-state index is 0.00133. The third-order valence-electron chi connectivity index (χ3n) is 2.74. The first-order valence-corrected chi connectivity index (χ1v) is 6.55. The fourth-order valence-electron chi connectivity index (χ4n) is 1.79. The molecule has 2 aromatic rings. The van der Waals surface area contributed by atoms with Gasteiger partial charge in [0.05, 0.1) is 12.6 Å². The molecule has 0 radical (unpaired) electrons. The number of carbonyl (C=O) groups excluding carboxylic acids is 1. The highest BCUT2D eigenvalue weighted by atomic mass is 19.3. The molecule has 0 atom stereocenters. The molecule has 0 heterocycles. The summed E-state index contributed by atoms with van der Waals surface area (Å²) in [4.78, 5) is 11.7. The summed E-state index contributed by atoms with van der Waals surface area (Å²) in [5.41, 5.74) is 3.56. The number of amides is 1. The summed E-state index contributed by atoms with van der Waals surface area (Å²) in [5, 5.41) is 3.76. The summed E-state index contributed by atoms with van der Waals surface area (Å²) in [7, 11) is 0. The molecule has 2 aromatic carbocycles. The SMILES string of the molecule is O=C(Cc1ccccc1)N/N=C/c1ccccc1OC(F)F. The van der Waals surface area contributed by atoms with Crippen LogP contribution in [0, 0.1) is 0 Å². The monoisotopic (exact) mass is 304 g/mol. The van der Waals surface area contributed by atoms with Gasteiger partial charge >= 0.3 is 6.61 Å². The molecular formula is C16H14F2N2O2. The van der Waals surface area contributed by atoms with E-state index in [0.717, 1.165) is 5.56 Å². The van der Waals surface area contributed by atoms with Crippen LogP contribution in [0.1, 0.15) is 11.1 Å². The van der Waals surface area contributed by atoms with E-state index in [0.29, 0.717) is 5.56 Å². The molecule has 0 saturated heterocycles. The number of hydrogen-bond acceptors (Lipinski definition) is 3. The summed E-state index contributed by atoms with van der Waals surface area (Å²) in [6, 6.07) is 15.4. The lowest BCUT2D eigenvalue weighted by Crippen LogP contribution is -2.19. The van der Waals surface area contributed by atoms with Crippen LogP contribution in [-0.2, 0) is 11.2 Å². The maximum atomic E-state index is 12.3. The van der Waals surface area contributed by atoms with Crippen LogP contribution in [0.4, 0.5) is 8.78 Å². The molecule has 0 aliphatic carbocycles. The van der Waals surface area contributed by atoms with Crippen LogP contribution in [-0.4, -0.2) is 18.7 Å². The molecule has 4 nitrogen and oxygen atoms in total. The minimum atomic E-state index is -2.91. The number of rotatable bonds is 6. The van der Waals surface area contributed by atoms with Crippen LogP contribution in [0.2, 0.25) is 0 Å². The highest BCUT2D eigenvalue weighted by Gasteiger charge is 2.07. The quantitative estimate of drug-likeness (QED) is 0.659. The fourth-order valence-corrected chi connectivity index (χ4v) is 1.79. The molecule has 0 fully saturated rings. The number of carbonyl (C=O) groups is 1. The molecule has 0 aliphatic rings. The van der Waals surface area contributed by atoms with E-state index < -0.39 is 6.61 Å². The molecule has 0 bridgehead atoms. The van der Waals surface area contributed by atoms with Gasteiger partial charge in [-0.25, -0.2) is 5.43 Å². The Morgan fingerprint density at radius 1 is 1.14 bits per heavy atom. The van der Waals surface area contributed by atoms with Crippen LogP contribution in [0.25, 0.3) is 0 Å². The van der Waals surface area contributed by atoms with Gasteiger partial charge < -0.3 is 4.74 Å². The largest absolute Gasteiger partial charge is 0.434 e. The van der Waals surface area contributed by atoms with Gasteiger partial charge in [0.15, 0.2) is 0 Å². The van der Waals surface area contributed by atoms with E-state index >= 15 is 0 Å². The van der Waals surface area contributed by atoms with Crippen LogP contribution < -0.4 is 10.2 Å². The normalized spacial score (nSPS) is 10.9. The maximum absolute atomic E-state index is 12.3. The number of para-hydroxylation sites is 1. The molecule has 0 spiro atoms. The Balaban J connectivity index is 1.93. The lowest BCUT2D eigenvalue weighted by atomic mass is 10.1. The molecular weight excluding hydrogens is 290 g/mol. The van der Waals surface area contributed by atoms with Crippen molar-refractivity contribution >= 4 is 12.1 Å². The lowest BCUT2D eigenvalue weighted by Gasteiger charge is -2.06. The van der Waals surface area contributed by atoms with Crippen molar-refractivity contribution < 1.29 is 18.3 Å². The smallest absolute Gasteiger partial charge is 0.387 e.